The van der Waals surface area contributed by atoms with Gasteiger partial charge in [0.15, 0.2) is 0 Å². The van der Waals surface area contributed by atoms with E-state index in [1.807, 2.05) is 0 Å². The van der Waals surface area contributed by atoms with Crippen molar-refractivity contribution in [2.45, 2.75) is 39.3 Å². The standard InChI is InChI=1S/C15H28N2O2/c1-4-15(16-5-2)14-7-9-17(13-14)8-6-10-19-12-11-18-3/h7,9,13,15-16H,4-6,8,10-12H2,1-3H3. The van der Waals surface area contributed by atoms with Crippen molar-refractivity contribution in [2.24, 2.45) is 0 Å². The van der Waals surface area contributed by atoms with Crippen molar-refractivity contribution >= 4 is 0 Å². The molecule has 0 fully saturated rings. The third kappa shape index (κ3) is 6.23. The average molecular weight is 268 g/mol. The molecule has 1 heterocycles. The normalized spacial score (nSPS) is 12.8. The van der Waals surface area contributed by atoms with Gasteiger partial charge in [-0.1, -0.05) is 13.8 Å². The smallest absolute Gasteiger partial charge is 0.0700 e. The Hall–Kier alpha value is -0.840. The number of ether oxygens (including phenoxy) is 2. The molecule has 0 aliphatic heterocycles. The fourth-order valence-corrected chi connectivity index (χ4v) is 2.14. The van der Waals surface area contributed by atoms with Crippen LogP contribution in [-0.4, -0.2) is 38.0 Å². The summed E-state index contributed by atoms with van der Waals surface area (Å²) in [5.41, 5.74) is 1.38. The number of nitrogens with one attached hydrogen (secondary N) is 1. The molecule has 0 aromatic carbocycles. The van der Waals surface area contributed by atoms with Crippen molar-refractivity contribution in [3.8, 4) is 0 Å². The molecule has 4 heteroatoms. The minimum Gasteiger partial charge on any atom is -0.382 e. The summed E-state index contributed by atoms with van der Waals surface area (Å²) in [4.78, 5) is 0. The van der Waals surface area contributed by atoms with Crippen molar-refractivity contribution < 1.29 is 9.47 Å². The molecule has 0 radical (unpaired) electrons. The number of methoxy groups -OCH3 is 1. The van der Waals surface area contributed by atoms with Gasteiger partial charge in [0.1, 0.15) is 0 Å². The fraction of sp³-hybridized carbons (Fsp3) is 0.733. The maximum absolute atomic E-state index is 5.46. The third-order valence-corrected chi connectivity index (χ3v) is 3.17. The zero-order valence-corrected chi connectivity index (χ0v) is 12.5. The second-order valence-corrected chi connectivity index (χ2v) is 4.66. The lowest BCUT2D eigenvalue weighted by molar-refractivity contribution is 0.0680. The highest BCUT2D eigenvalue weighted by Gasteiger charge is 2.08. The first-order valence-corrected chi connectivity index (χ1v) is 7.27. The second kappa shape index (κ2) is 10.0. The van der Waals surface area contributed by atoms with E-state index in [0.29, 0.717) is 19.3 Å². The first kappa shape index (κ1) is 16.2. The van der Waals surface area contributed by atoms with Gasteiger partial charge in [-0.15, -0.1) is 0 Å². The molecule has 0 aliphatic carbocycles. The van der Waals surface area contributed by atoms with E-state index < -0.39 is 0 Å². The van der Waals surface area contributed by atoms with Gasteiger partial charge in [-0.3, -0.25) is 0 Å². The Bertz CT molecular complexity index is 326. The first-order valence-electron chi connectivity index (χ1n) is 7.27. The molecule has 0 amide bonds. The summed E-state index contributed by atoms with van der Waals surface area (Å²) in [6.45, 7) is 8.54. The number of aryl methyl sites for hydroxylation is 1. The van der Waals surface area contributed by atoms with Crippen LogP contribution < -0.4 is 5.32 Å². The van der Waals surface area contributed by atoms with Crippen molar-refractivity contribution in [3.63, 3.8) is 0 Å². The van der Waals surface area contributed by atoms with Gasteiger partial charge in [0.2, 0.25) is 0 Å². The maximum atomic E-state index is 5.46. The third-order valence-electron chi connectivity index (χ3n) is 3.17. The van der Waals surface area contributed by atoms with E-state index in [9.17, 15) is 0 Å². The summed E-state index contributed by atoms with van der Waals surface area (Å²) < 4.78 is 12.6. The molecule has 0 aliphatic rings. The molecule has 4 nitrogen and oxygen atoms in total. The van der Waals surface area contributed by atoms with Gasteiger partial charge in [-0.25, -0.2) is 0 Å². The van der Waals surface area contributed by atoms with E-state index in [4.69, 9.17) is 9.47 Å². The van der Waals surface area contributed by atoms with Crippen LogP contribution in [0.1, 0.15) is 38.3 Å². The van der Waals surface area contributed by atoms with Crippen LogP contribution in [0.2, 0.25) is 0 Å². The van der Waals surface area contributed by atoms with E-state index in [1.165, 1.54) is 5.56 Å². The molecule has 1 aromatic heterocycles. The SMILES string of the molecule is CCNC(CC)c1ccn(CCCOCCOC)c1. The molecule has 110 valence electrons. The summed E-state index contributed by atoms with van der Waals surface area (Å²) >= 11 is 0. The van der Waals surface area contributed by atoms with Crippen molar-refractivity contribution in [3.05, 3.63) is 24.0 Å². The van der Waals surface area contributed by atoms with Crippen LogP contribution >= 0.6 is 0 Å². The molecule has 19 heavy (non-hydrogen) atoms. The number of hydrogen-bond acceptors (Lipinski definition) is 3. The van der Waals surface area contributed by atoms with Gasteiger partial charge in [0.05, 0.1) is 13.2 Å². The van der Waals surface area contributed by atoms with Gasteiger partial charge < -0.3 is 19.4 Å². The number of rotatable bonds is 11. The molecule has 0 spiro atoms. The Kier molecular flexibility index (Phi) is 8.54. The van der Waals surface area contributed by atoms with Crippen LogP contribution in [-0.2, 0) is 16.0 Å². The average Bonchev–Trinajstić information content (AvgIpc) is 2.88. The molecule has 1 atom stereocenters. The highest BCUT2D eigenvalue weighted by molar-refractivity contribution is 5.15. The lowest BCUT2D eigenvalue weighted by Crippen LogP contribution is -2.19. The Balaban J connectivity index is 2.26. The highest BCUT2D eigenvalue weighted by Crippen LogP contribution is 2.16. The number of aromatic nitrogens is 1. The lowest BCUT2D eigenvalue weighted by Gasteiger charge is -2.14. The van der Waals surface area contributed by atoms with Crippen LogP contribution in [0.3, 0.4) is 0 Å². The van der Waals surface area contributed by atoms with Crippen LogP contribution in [0.5, 0.6) is 0 Å². The van der Waals surface area contributed by atoms with Crippen LogP contribution in [0, 0.1) is 0 Å². The zero-order valence-electron chi connectivity index (χ0n) is 12.5. The fourth-order valence-electron chi connectivity index (χ4n) is 2.14. The zero-order chi connectivity index (χ0) is 13.9. The second-order valence-electron chi connectivity index (χ2n) is 4.66. The van der Waals surface area contributed by atoms with Gasteiger partial charge >= 0.3 is 0 Å². The van der Waals surface area contributed by atoms with E-state index in [-0.39, 0.29) is 0 Å². The van der Waals surface area contributed by atoms with Crippen molar-refractivity contribution in [1.29, 1.82) is 0 Å². The Morgan fingerprint density at radius 2 is 2.11 bits per heavy atom. The molecule has 1 unspecified atom stereocenters. The molecular formula is C15H28N2O2. The molecule has 1 rings (SSSR count). The van der Waals surface area contributed by atoms with E-state index in [2.05, 4.69) is 42.2 Å². The van der Waals surface area contributed by atoms with Gasteiger partial charge in [-0.2, -0.15) is 0 Å². The van der Waals surface area contributed by atoms with Crippen LogP contribution in [0.15, 0.2) is 18.5 Å². The molecular weight excluding hydrogens is 240 g/mol. The number of hydrogen-bond donors (Lipinski definition) is 1. The Morgan fingerprint density at radius 1 is 1.26 bits per heavy atom. The summed E-state index contributed by atoms with van der Waals surface area (Å²) in [5.74, 6) is 0. The summed E-state index contributed by atoms with van der Waals surface area (Å²) in [7, 11) is 1.69. The van der Waals surface area contributed by atoms with Crippen LogP contribution in [0.4, 0.5) is 0 Å². The van der Waals surface area contributed by atoms with Crippen molar-refractivity contribution in [1.82, 2.24) is 9.88 Å². The topological polar surface area (TPSA) is 35.4 Å². The lowest BCUT2D eigenvalue weighted by atomic mass is 10.1. The minimum atomic E-state index is 0.476. The maximum Gasteiger partial charge on any atom is 0.0700 e. The van der Waals surface area contributed by atoms with Gasteiger partial charge in [-0.05, 0) is 31.0 Å². The molecule has 1 N–H and O–H groups in total. The van der Waals surface area contributed by atoms with Gasteiger partial charge in [0, 0.05) is 38.7 Å². The number of nitrogens with zero attached hydrogens (tertiary/aromatic N) is 1. The summed E-state index contributed by atoms with van der Waals surface area (Å²) in [6, 6.07) is 2.69. The predicted octanol–water partition coefficient (Wildman–Crippen LogP) is 2.60. The highest BCUT2D eigenvalue weighted by atomic mass is 16.5. The summed E-state index contributed by atoms with van der Waals surface area (Å²) in [5, 5.41) is 3.50. The largest absolute Gasteiger partial charge is 0.382 e. The minimum absolute atomic E-state index is 0.476. The van der Waals surface area contributed by atoms with E-state index >= 15 is 0 Å². The van der Waals surface area contributed by atoms with E-state index in [1.54, 1.807) is 7.11 Å². The summed E-state index contributed by atoms with van der Waals surface area (Å²) in [6.07, 6.45) is 6.56. The molecule has 1 aromatic rings. The monoisotopic (exact) mass is 268 g/mol. The quantitative estimate of drug-likeness (QED) is 0.627. The molecule has 0 saturated carbocycles. The molecule has 0 saturated heterocycles. The Labute approximate surface area is 117 Å². The van der Waals surface area contributed by atoms with Gasteiger partial charge in [0.25, 0.3) is 0 Å². The first-order chi connectivity index (χ1) is 9.31. The Morgan fingerprint density at radius 3 is 2.79 bits per heavy atom. The predicted molar refractivity (Wildman–Crippen MR) is 78.5 cm³/mol. The molecule has 0 bridgehead atoms. The van der Waals surface area contributed by atoms with Crippen LogP contribution in [0.25, 0.3) is 0 Å². The van der Waals surface area contributed by atoms with E-state index in [0.717, 1.165) is 32.5 Å². The van der Waals surface area contributed by atoms with Crippen molar-refractivity contribution in [2.75, 3.05) is 33.5 Å².